The number of ketones is 1. The second-order valence-electron chi connectivity index (χ2n) is 5.31. The number of likely N-dealkylation sites (tertiary alicyclic amines) is 1. The van der Waals surface area contributed by atoms with E-state index in [1.54, 1.807) is 47.6 Å². The Kier molecular flexibility index (Phi) is 5.00. The van der Waals surface area contributed by atoms with Crippen LogP contribution in [0, 0.1) is 0 Å². The van der Waals surface area contributed by atoms with Gasteiger partial charge in [0.25, 0.3) is 5.91 Å². The molecule has 0 unspecified atom stereocenters. The zero-order chi connectivity index (χ0) is 14.8. The first kappa shape index (κ1) is 16.3. The van der Waals surface area contributed by atoms with Crippen molar-refractivity contribution >= 4 is 24.1 Å². The van der Waals surface area contributed by atoms with Crippen molar-refractivity contribution in [1.29, 1.82) is 0 Å². The Morgan fingerprint density at radius 2 is 1.77 bits per heavy atom. The van der Waals surface area contributed by atoms with Crippen molar-refractivity contribution in [3.05, 3.63) is 59.4 Å². The average Bonchev–Trinajstić information content (AvgIpc) is 3.17. The maximum atomic E-state index is 12.3. The molecule has 1 aliphatic heterocycles. The number of rotatable bonds is 3. The number of nitrogens with zero attached hydrogens (tertiary/aromatic N) is 1. The van der Waals surface area contributed by atoms with E-state index in [4.69, 9.17) is 5.73 Å². The standard InChI is InChI=1S/C16H17N3O2.ClH/c17-14-6-8-19(10-14)16(21)12-3-1-11(2-4-12)15(20)13-5-7-18-9-13;/h1-5,7,9,14,18H,6,8,10,17H2;1H/t14-;/m1./s1. The number of nitrogens with two attached hydrogens (primary N) is 1. The lowest BCUT2D eigenvalue weighted by Crippen LogP contribution is -2.31. The van der Waals surface area contributed by atoms with Crippen LogP contribution in [0.5, 0.6) is 0 Å². The van der Waals surface area contributed by atoms with Crippen molar-refractivity contribution < 1.29 is 9.59 Å². The number of H-pyrrole nitrogens is 1. The molecule has 1 amide bonds. The van der Waals surface area contributed by atoms with Crippen LogP contribution in [-0.2, 0) is 0 Å². The summed E-state index contributed by atoms with van der Waals surface area (Å²) in [7, 11) is 0. The molecule has 1 fully saturated rings. The molecule has 0 spiro atoms. The summed E-state index contributed by atoms with van der Waals surface area (Å²) in [6, 6.07) is 8.59. The van der Waals surface area contributed by atoms with E-state index in [1.807, 2.05) is 0 Å². The molecule has 1 atom stereocenters. The Hall–Kier alpha value is -2.11. The smallest absolute Gasteiger partial charge is 0.253 e. The van der Waals surface area contributed by atoms with Gasteiger partial charge in [-0.05, 0) is 24.6 Å². The molecule has 0 saturated carbocycles. The van der Waals surface area contributed by atoms with Gasteiger partial charge in [-0.2, -0.15) is 0 Å². The minimum Gasteiger partial charge on any atom is -0.367 e. The van der Waals surface area contributed by atoms with Crippen molar-refractivity contribution in [3.63, 3.8) is 0 Å². The average molecular weight is 320 g/mol. The largest absolute Gasteiger partial charge is 0.367 e. The molecule has 3 N–H and O–H groups in total. The first-order chi connectivity index (χ1) is 10.1. The summed E-state index contributed by atoms with van der Waals surface area (Å²) in [6.45, 7) is 1.30. The quantitative estimate of drug-likeness (QED) is 0.847. The number of halogens is 1. The van der Waals surface area contributed by atoms with Crippen LogP contribution in [-0.4, -0.2) is 40.7 Å². The van der Waals surface area contributed by atoms with Gasteiger partial charge < -0.3 is 15.6 Å². The van der Waals surface area contributed by atoms with Gasteiger partial charge in [-0.25, -0.2) is 0 Å². The van der Waals surface area contributed by atoms with Crippen LogP contribution in [0.4, 0.5) is 0 Å². The molecule has 0 aliphatic carbocycles. The molecule has 3 rings (SSSR count). The van der Waals surface area contributed by atoms with Crippen LogP contribution in [0.3, 0.4) is 0 Å². The van der Waals surface area contributed by atoms with Gasteiger partial charge in [0, 0.05) is 48.2 Å². The molecule has 2 aromatic rings. The van der Waals surface area contributed by atoms with Gasteiger partial charge in [0.1, 0.15) is 0 Å². The van der Waals surface area contributed by atoms with Crippen molar-refractivity contribution in [2.24, 2.45) is 5.73 Å². The predicted molar refractivity (Wildman–Crippen MR) is 86.4 cm³/mol. The lowest BCUT2D eigenvalue weighted by molar-refractivity contribution is 0.0790. The Balaban J connectivity index is 0.00000176. The maximum Gasteiger partial charge on any atom is 0.253 e. The fraction of sp³-hybridized carbons (Fsp3) is 0.250. The molecule has 0 radical (unpaired) electrons. The number of carbonyl (C=O) groups is 2. The van der Waals surface area contributed by atoms with Gasteiger partial charge in [-0.3, -0.25) is 9.59 Å². The number of hydrogen-bond acceptors (Lipinski definition) is 3. The van der Waals surface area contributed by atoms with Gasteiger partial charge in [0.15, 0.2) is 5.78 Å². The fourth-order valence-electron chi connectivity index (χ4n) is 2.55. The highest BCUT2D eigenvalue weighted by Crippen LogP contribution is 2.15. The number of carbonyl (C=O) groups excluding carboxylic acids is 2. The molecule has 5 nitrogen and oxygen atoms in total. The number of hydrogen-bond donors (Lipinski definition) is 2. The van der Waals surface area contributed by atoms with Crippen molar-refractivity contribution in [2.75, 3.05) is 13.1 Å². The molecule has 2 heterocycles. The van der Waals surface area contributed by atoms with Crippen LogP contribution in [0.1, 0.15) is 32.7 Å². The van der Waals surface area contributed by atoms with Crippen LogP contribution >= 0.6 is 12.4 Å². The van der Waals surface area contributed by atoms with E-state index in [2.05, 4.69) is 4.98 Å². The zero-order valence-corrected chi connectivity index (χ0v) is 12.8. The molecule has 6 heteroatoms. The normalized spacial score (nSPS) is 17.1. The number of benzene rings is 1. The van der Waals surface area contributed by atoms with E-state index in [-0.39, 0.29) is 30.1 Å². The summed E-state index contributed by atoms with van der Waals surface area (Å²) in [5.74, 6) is -0.0814. The van der Waals surface area contributed by atoms with Gasteiger partial charge >= 0.3 is 0 Å². The molecule has 0 bridgehead atoms. The molecule has 1 aromatic carbocycles. The van der Waals surface area contributed by atoms with Crippen molar-refractivity contribution in [3.8, 4) is 0 Å². The lowest BCUT2D eigenvalue weighted by atomic mass is 10.0. The molecule has 22 heavy (non-hydrogen) atoms. The first-order valence-electron chi connectivity index (χ1n) is 6.97. The highest BCUT2D eigenvalue weighted by molar-refractivity contribution is 6.09. The van der Waals surface area contributed by atoms with Gasteiger partial charge in [-0.15, -0.1) is 12.4 Å². The highest BCUT2D eigenvalue weighted by atomic mass is 35.5. The number of amides is 1. The summed E-state index contributed by atoms with van der Waals surface area (Å²) < 4.78 is 0. The fourth-order valence-corrected chi connectivity index (χ4v) is 2.55. The number of aromatic nitrogens is 1. The van der Waals surface area contributed by atoms with Crippen molar-refractivity contribution in [2.45, 2.75) is 12.5 Å². The third-order valence-electron chi connectivity index (χ3n) is 3.77. The lowest BCUT2D eigenvalue weighted by Gasteiger charge is -2.15. The van der Waals surface area contributed by atoms with Crippen molar-refractivity contribution in [1.82, 2.24) is 9.88 Å². The number of nitrogens with one attached hydrogen (secondary N) is 1. The first-order valence-corrected chi connectivity index (χ1v) is 6.97. The van der Waals surface area contributed by atoms with E-state index in [0.29, 0.717) is 29.8 Å². The zero-order valence-electron chi connectivity index (χ0n) is 12.0. The van der Waals surface area contributed by atoms with E-state index in [9.17, 15) is 9.59 Å². The number of aromatic amines is 1. The Morgan fingerprint density at radius 3 is 2.32 bits per heavy atom. The minimum atomic E-state index is -0.0570. The molecule has 116 valence electrons. The second kappa shape index (κ2) is 6.77. The van der Waals surface area contributed by atoms with E-state index in [0.717, 1.165) is 6.42 Å². The van der Waals surface area contributed by atoms with E-state index >= 15 is 0 Å². The summed E-state index contributed by atoms with van der Waals surface area (Å²) in [5.41, 5.74) is 7.59. The summed E-state index contributed by atoms with van der Waals surface area (Å²) in [4.78, 5) is 29.1. The van der Waals surface area contributed by atoms with Gasteiger partial charge in [0.2, 0.25) is 0 Å². The topological polar surface area (TPSA) is 79.2 Å². The molecular weight excluding hydrogens is 302 g/mol. The Bertz CT molecular complexity index is 653. The third-order valence-corrected chi connectivity index (χ3v) is 3.77. The Labute approximate surface area is 134 Å². The van der Waals surface area contributed by atoms with E-state index in [1.165, 1.54) is 0 Å². The third kappa shape index (κ3) is 3.21. The summed E-state index contributed by atoms with van der Waals surface area (Å²) >= 11 is 0. The molecule has 1 saturated heterocycles. The Morgan fingerprint density at radius 1 is 1.09 bits per heavy atom. The SMILES string of the molecule is Cl.N[C@@H]1CCN(C(=O)c2ccc(C(=O)c3cc[nH]c3)cc2)C1. The second-order valence-corrected chi connectivity index (χ2v) is 5.31. The van der Waals surface area contributed by atoms with Crippen LogP contribution < -0.4 is 5.73 Å². The molecule has 1 aromatic heterocycles. The highest BCUT2D eigenvalue weighted by Gasteiger charge is 2.24. The maximum absolute atomic E-state index is 12.3. The van der Waals surface area contributed by atoms with Crippen LogP contribution in [0.15, 0.2) is 42.7 Å². The predicted octanol–water partition coefficient (Wildman–Crippen LogP) is 1.84. The monoisotopic (exact) mass is 319 g/mol. The van der Waals surface area contributed by atoms with Crippen LogP contribution in [0.2, 0.25) is 0 Å². The molecule has 1 aliphatic rings. The summed E-state index contributed by atoms with van der Waals surface area (Å²) in [5, 5.41) is 0. The van der Waals surface area contributed by atoms with E-state index < -0.39 is 0 Å². The van der Waals surface area contributed by atoms with Gasteiger partial charge in [0.05, 0.1) is 0 Å². The minimum absolute atomic E-state index is 0. The summed E-state index contributed by atoms with van der Waals surface area (Å²) in [6.07, 6.45) is 4.21. The van der Waals surface area contributed by atoms with Crippen LogP contribution in [0.25, 0.3) is 0 Å². The van der Waals surface area contributed by atoms with Gasteiger partial charge in [-0.1, -0.05) is 12.1 Å². The molecular formula is C16H18ClN3O2.